The van der Waals surface area contributed by atoms with E-state index in [2.05, 4.69) is 18.1 Å². The molecule has 3 heterocycles. The lowest BCUT2D eigenvalue weighted by Gasteiger charge is -2.17. The first-order valence-corrected chi connectivity index (χ1v) is 9.49. The zero-order valence-corrected chi connectivity index (χ0v) is 17.5. The molecule has 2 N–H and O–H groups in total. The van der Waals surface area contributed by atoms with Crippen molar-refractivity contribution >= 4 is 10.8 Å². The molecule has 4 rings (SSSR count). The van der Waals surface area contributed by atoms with E-state index in [-0.39, 0.29) is 30.4 Å². The maximum absolute atomic E-state index is 12.9. The van der Waals surface area contributed by atoms with Gasteiger partial charge in [-0.15, -0.1) is 0 Å². The van der Waals surface area contributed by atoms with Crippen molar-refractivity contribution in [3.8, 4) is 0 Å². The van der Waals surface area contributed by atoms with E-state index in [9.17, 15) is 4.79 Å². The van der Waals surface area contributed by atoms with Gasteiger partial charge in [0.1, 0.15) is 0 Å². The zero-order valence-electron chi connectivity index (χ0n) is 16.0. The third kappa shape index (κ3) is 4.72. The quantitative estimate of drug-likeness (QED) is 0.448. The average molecular weight is 421 g/mol. The highest BCUT2D eigenvalue weighted by atomic mass is 35.5. The van der Waals surface area contributed by atoms with Gasteiger partial charge in [0.15, 0.2) is 11.9 Å². The van der Waals surface area contributed by atoms with Gasteiger partial charge in [-0.1, -0.05) is 24.3 Å². The number of nitrogens with one attached hydrogen (secondary N) is 2. The molecule has 1 saturated heterocycles. The third-order valence-corrected chi connectivity index (χ3v) is 5.59. The summed E-state index contributed by atoms with van der Waals surface area (Å²) in [5.74, 6) is 0. The molecule has 5 nitrogen and oxygen atoms in total. The van der Waals surface area contributed by atoms with Gasteiger partial charge in [0.05, 0.1) is 43.7 Å². The number of benzene rings is 1. The van der Waals surface area contributed by atoms with Crippen LogP contribution in [0.25, 0.3) is 10.8 Å². The van der Waals surface area contributed by atoms with Crippen molar-refractivity contribution in [3.63, 3.8) is 0 Å². The summed E-state index contributed by atoms with van der Waals surface area (Å²) >= 11 is 0. The molecule has 0 amide bonds. The van der Waals surface area contributed by atoms with Crippen molar-refractivity contribution in [2.45, 2.75) is 38.3 Å². The number of nitrogens with zero attached hydrogens (tertiary/aromatic N) is 2. The van der Waals surface area contributed by atoms with Crippen molar-refractivity contribution in [2.24, 2.45) is 0 Å². The molecule has 0 radical (unpaired) electrons. The molecule has 1 aromatic carbocycles. The number of aryl methyl sites for hydroxylation is 1. The van der Waals surface area contributed by atoms with E-state index in [4.69, 9.17) is 5.10 Å². The van der Waals surface area contributed by atoms with Crippen molar-refractivity contribution < 1.29 is 34.7 Å². The summed E-state index contributed by atoms with van der Waals surface area (Å²) in [4.78, 5) is 17.8. The normalized spacial score (nSPS) is 18.5. The number of rotatable bonds is 5. The van der Waals surface area contributed by atoms with Gasteiger partial charge in [0.25, 0.3) is 5.56 Å². The van der Waals surface area contributed by atoms with Crippen LogP contribution in [0.5, 0.6) is 0 Å². The standard InChI is InChI=1S/C21H24N4O.2ClH/c1-24-13-6-8-17(24)11-14-25-21(26)19-10-3-2-9-18(19)20(23-25)15-16-7-4-5-12-22-16;;/h2-5,7,9-10,12,17H,6,8,11,13-15H2,1H3;2*1H. The molecule has 28 heavy (non-hydrogen) atoms. The Bertz CT molecular complexity index is 962. The Hall–Kier alpha value is -1.95. The van der Waals surface area contributed by atoms with Crippen molar-refractivity contribution in [3.05, 3.63) is 70.4 Å². The minimum absolute atomic E-state index is 0. The molecule has 1 aliphatic heterocycles. The molecule has 3 aromatic rings. The number of quaternary nitrogens is 1. The predicted octanol–water partition coefficient (Wildman–Crippen LogP) is -5.12. The first kappa shape index (κ1) is 22.3. The molecule has 0 spiro atoms. The molecular weight excluding hydrogens is 395 g/mol. The number of hydrogen-bond donors (Lipinski definition) is 1. The minimum atomic E-state index is 0. The maximum Gasteiger partial charge on any atom is 0.274 e. The van der Waals surface area contributed by atoms with Gasteiger partial charge in [0.2, 0.25) is 0 Å². The van der Waals surface area contributed by atoms with Crippen molar-refractivity contribution in [1.82, 2.24) is 9.78 Å². The number of aromatic amines is 1. The number of H-pyrrole nitrogens is 1. The van der Waals surface area contributed by atoms with E-state index in [0.29, 0.717) is 19.0 Å². The second-order valence-electron chi connectivity index (χ2n) is 7.31. The van der Waals surface area contributed by atoms with E-state index in [0.717, 1.165) is 28.6 Å². The molecule has 2 aromatic heterocycles. The molecule has 1 aliphatic rings. The fraction of sp³-hybridized carbons (Fsp3) is 0.381. The maximum atomic E-state index is 12.9. The largest absolute Gasteiger partial charge is 1.00 e. The summed E-state index contributed by atoms with van der Waals surface area (Å²) in [6.07, 6.45) is 6.15. The molecular formula is C21H26Cl2N4O. The summed E-state index contributed by atoms with van der Waals surface area (Å²) < 4.78 is 1.69. The lowest BCUT2D eigenvalue weighted by atomic mass is 10.1. The average Bonchev–Trinajstić information content (AvgIpc) is 3.09. The zero-order chi connectivity index (χ0) is 17.9. The Balaban J connectivity index is 0.00000140. The molecule has 0 bridgehead atoms. The number of aromatic nitrogens is 3. The summed E-state index contributed by atoms with van der Waals surface area (Å²) in [6.45, 7) is 1.93. The van der Waals surface area contributed by atoms with Gasteiger partial charge >= 0.3 is 0 Å². The van der Waals surface area contributed by atoms with Crippen LogP contribution in [0.15, 0.2) is 53.5 Å². The van der Waals surface area contributed by atoms with Crippen LogP contribution in [0.2, 0.25) is 0 Å². The van der Waals surface area contributed by atoms with E-state index in [1.165, 1.54) is 19.4 Å². The molecule has 0 saturated carbocycles. The summed E-state index contributed by atoms with van der Waals surface area (Å²) in [6, 6.07) is 14.5. The first-order chi connectivity index (χ1) is 12.7. The number of likely N-dealkylation sites (tertiary alicyclic amines) is 1. The van der Waals surface area contributed by atoms with Crippen LogP contribution in [0, 0.1) is 0 Å². The SMILES string of the molecule is C[NH+]1CCCC1CCn1nc(Cc2cccc[nH+]2)c2ccccc2c1=O.[Cl-].[Cl-]. The van der Waals surface area contributed by atoms with Crippen LogP contribution >= 0.6 is 0 Å². The Labute approximate surface area is 177 Å². The summed E-state index contributed by atoms with van der Waals surface area (Å²) in [7, 11) is 2.25. The second kappa shape index (κ2) is 10.0. The highest BCUT2D eigenvalue weighted by molar-refractivity contribution is 5.83. The van der Waals surface area contributed by atoms with Gasteiger partial charge < -0.3 is 29.7 Å². The van der Waals surface area contributed by atoms with E-state index >= 15 is 0 Å². The highest BCUT2D eigenvalue weighted by Gasteiger charge is 2.25. The second-order valence-corrected chi connectivity index (χ2v) is 7.31. The van der Waals surface area contributed by atoms with Crippen LogP contribution in [-0.2, 0) is 13.0 Å². The van der Waals surface area contributed by atoms with Gasteiger partial charge in [-0.25, -0.2) is 9.67 Å². The summed E-state index contributed by atoms with van der Waals surface area (Å²) in [5, 5.41) is 6.47. The van der Waals surface area contributed by atoms with Gasteiger partial charge in [-0.05, 0) is 6.07 Å². The van der Waals surface area contributed by atoms with Crippen LogP contribution < -0.4 is 40.3 Å². The van der Waals surface area contributed by atoms with E-state index in [1.54, 1.807) is 9.58 Å². The Kier molecular flexibility index (Phi) is 7.98. The molecule has 150 valence electrons. The summed E-state index contributed by atoms with van der Waals surface area (Å²) in [5.41, 5.74) is 2.07. The van der Waals surface area contributed by atoms with Gasteiger partial charge in [-0.2, -0.15) is 5.10 Å². The fourth-order valence-electron chi connectivity index (χ4n) is 4.05. The Morgan fingerprint density at radius 3 is 2.57 bits per heavy atom. The predicted molar refractivity (Wildman–Crippen MR) is 101 cm³/mol. The van der Waals surface area contributed by atoms with Crippen LogP contribution in [0.1, 0.15) is 30.7 Å². The minimum Gasteiger partial charge on any atom is -1.00 e. The third-order valence-electron chi connectivity index (χ3n) is 5.59. The number of halogens is 2. The topological polar surface area (TPSA) is 53.5 Å². The van der Waals surface area contributed by atoms with Crippen LogP contribution in [0.4, 0.5) is 0 Å². The van der Waals surface area contributed by atoms with Crippen molar-refractivity contribution in [1.29, 1.82) is 0 Å². The Morgan fingerprint density at radius 1 is 1.14 bits per heavy atom. The monoisotopic (exact) mass is 420 g/mol. The van der Waals surface area contributed by atoms with Crippen LogP contribution in [-0.4, -0.2) is 29.4 Å². The smallest absolute Gasteiger partial charge is 0.274 e. The molecule has 2 atom stereocenters. The lowest BCUT2D eigenvalue weighted by molar-refractivity contribution is -0.892. The molecule has 7 heteroatoms. The Morgan fingerprint density at radius 2 is 1.89 bits per heavy atom. The van der Waals surface area contributed by atoms with Gasteiger partial charge in [-0.3, -0.25) is 4.79 Å². The van der Waals surface area contributed by atoms with Crippen molar-refractivity contribution in [2.75, 3.05) is 13.6 Å². The molecule has 2 unspecified atom stereocenters. The fourth-order valence-corrected chi connectivity index (χ4v) is 4.05. The first-order valence-electron chi connectivity index (χ1n) is 9.49. The number of pyridine rings is 1. The number of fused-ring (bicyclic) bond motifs is 1. The lowest BCUT2D eigenvalue weighted by Crippen LogP contribution is -3.10. The molecule has 0 aliphatic carbocycles. The number of hydrogen-bond acceptors (Lipinski definition) is 2. The van der Waals surface area contributed by atoms with Crippen LogP contribution in [0.3, 0.4) is 0 Å². The van der Waals surface area contributed by atoms with Gasteiger partial charge in [0, 0.05) is 36.8 Å². The highest BCUT2D eigenvalue weighted by Crippen LogP contribution is 2.16. The molecule has 1 fully saturated rings. The van der Waals surface area contributed by atoms with E-state index in [1.807, 2.05) is 42.6 Å². The van der Waals surface area contributed by atoms with E-state index < -0.39 is 0 Å².